The van der Waals surface area contributed by atoms with E-state index in [4.69, 9.17) is 14.2 Å². The minimum atomic E-state index is 0.494. The molecule has 4 heteroatoms. The predicted molar refractivity (Wildman–Crippen MR) is 111 cm³/mol. The van der Waals surface area contributed by atoms with Crippen molar-refractivity contribution in [1.82, 2.24) is 0 Å². The zero-order valence-electron chi connectivity index (χ0n) is 15.8. The van der Waals surface area contributed by atoms with Crippen molar-refractivity contribution in [3.8, 4) is 17.2 Å². The lowest BCUT2D eigenvalue weighted by atomic mass is 9.97. The summed E-state index contributed by atoms with van der Waals surface area (Å²) in [5.74, 6) is 1.98. The lowest BCUT2D eigenvalue weighted by Crippen LogP contribution is -1.96. The van der Waals surface area contributed by atoms with Gasteiger partial charge < -0.3 is 14.2 Å². The summed E-state index contributed by atoms with van der Waals surface area (Å²) in [5, 5.41) is 3.70. The molecule has 4 aromatic rings. The number of fused-ring (bicyclic) bond motifs is 3. The van der Waals surface area contributed by atoms with E-state index in [0.29, 0.717) is 23.7 Å². The van der Waals surface area contributed by atoms with E-state index in [0.717, 1.165) is 39.1 Å². The van der Waals surface area contributed by atoms with Crippen LogP contribution in [0.4, 0.5) is 0 Å². The van der Waals surface area contributed by atoms with Crippen molar-refractivity contribution in [2.24, 2.45) is 0 Å². The highest BCUT2D eigenvalue weighted by Crippen LogP contribution is 2.38. The van der Waals surface area contributed by atoms with Crippen LogP contribution < -0.4 is 14.2 Å². The highest BCUT2D eigenvalue weighted by molar-refractivity contribution is 6.14. The summed E-state index contributed by atoms with van der Waals surface area (Å²) >= 11 is 0. The average molecular weight is 372 g/mol. The zero-order valence-corrected chi connectivity index (χ0v) is 15.8. The molecule has 0 aliphatic rings. The molecule has 4 nitrogen and oxygen atoms in total. The number of benzene rings is 4. The first-order chi connectivity index (χ1) is 13.7. The number of hydrogen-bond donors (Lipinski definition) is 0. The predicted octanol–water partition coefficient (Wildman–Crippen LogP) is 5.40. The van der Waals surface area contributed by atoms with Gasteiger partial charge in [-0.1, -0.05) is 36.4 Å². The Labute approximate surface area is 163 Å². The van der Waals surface area contributed by atoms with Crippen molar-refractivity contribution in [3.63, 3.8) is 0 Å². The number of carbonyl (C=O) groups is 1. The molecular weight excluding hydrogens is 352 g/mol. The van der Waals surface area contributed by atoms with E-state index in [2.05, 4.69) is 0 Å². The second-order valence-electron chi connectivity index (χ2n) is 6.49. The van der Waals surface area contributed by atoms with Gasteiger partial charge in [0.15, 0.2) is 17.8 Å². The summed E-state index contributed by atoms with van der Waals surface area (Å²) < 4.78 is 16.8. The maximum Gasteiger partial charge on any atom is 0.161 e. The fourth-order valence-corrected chi connectivity index (χ4v) is 3.41. The average Bonchev–Trinajstić information content (AvgIpc) is 2.76. The van der Waals surface area contributed by atoms with Crippen LogP contribution in [0.15, 0.2) is 66.7 Å². The van der Waals surface area contributed by atoms with E-state index in [1.165, 1.54) is 0 Å². The fraction of sp³-hybridized carbons (Fsp3) is 0.125. The zero-order chi connectivity index (χ0) is 19.5. The number of hydrogen-bond acceptors (Lipinski definition) is 4. The summed E-state index contributed by atoms with van der Waals surface area (Å²) in [4.78, 5) is 11.6. The van der Waals surface area contributed by atoms with Crippen LogP contribution in [-0.4, -0.2) is 20.5 Å². The Hall–Kier alpha value is -3.53. The van der Waals surface area contributed by atoms with Gasteiger partial charge in [-0.15, -0.1) is 0 Å². The Bertz CT molecular complexity index is 1150. The maximum atomic E-state index is 11.6. The van der Waals surface area contributed by atoms with Gasteiger partial charge >= 0.3 is 0 Å². The van der Waals surface area contributed by atoms with E-state index in [1.807, 2.05) is 66.7 Å². The van der Waals surface area contributed by atoms with Crippen LogP contribution in [0.25, 0.3) is 21.5 Å². The van der Waals surface area contributed by atoms with Gasteiger partial charge in [-0.25, -0.2) is 0 Å². The summed E-state index contributed by atoms with van der Waals surface area (Å²) in [6.45, 7) is 0.494. The normalized spacial score (nSPS) is 10.8. The molecule has 0 amide bonds. The number of ether oxygens (including phenoxy) is 3. The summed E-state index contributed by atoms with van der Waals surface area (Å²) in [6.07, 6.45) is 0.869. The Balaban J connectivity index is 1.84. The van der Waals surface area contributed by atoms with Gasteiger partial charge in [0.25, 0.3) is 0 Å². The van der Waals surface area contributed by atoms with Crippen LogP contribution in [0.3, 0.4) is 0 Å². The molecule has 0 bridgehead atoms. The molecule has 0 fully saturated rings. The molecule has 0 saturated heterocycles. The van der Waals surface area contributed by atoms with E-state index in [1.54, 1.807) is 14.2 Å². The molecule has 0 aliphatic heterocycles. The van der Waals surface area contributed by atoms with Crippen LogP contribution in [0.1, 0.15) is 15.9 Å². The summed E-state index contributed by atoms with van der Waals surface area (Å²) in [6, 6.07) is 21.6. The molecule has 0 aliphatic carbocycles. The summed E-state index contributed by atoms with van der Waals surface area (Å²) in [5.41, 5.74) is 1.72. The van der Waals surface area contributed by atoms with Crippen molar-refractivity contribution in [1.29, 1.82) is 0 Å². The largest absolute Gasteiger partial charge is 0.493 e. The Morgan fingerprint density at radius 3 is 2.18 bits per heavy atom. The molecule has 0 N–H and O–H groups in total. The van der Waals surface area contributed by atoms with Gasteiger partial charge in [0, 0.05) is 5.56 Å². The molecule has 4 rings (SSSR count). The van der Waals surface area contributed by atoms with E-state index >= 15 is 0 Å². The fourth-order valence-electron chi connectivity index (χ4n) is 3.41. The van der Waals surface area contributed by atoms with Crippen molar-refractivity contribution < 1.29 is 19.0 Å². The van der Waals surface area contributed by atoms with Gasteiger partial charge in [-0.2, -0.15) is 0 Å². The highest BCUT2D eigenvalue weighted by Gasteiger charge is 2.13. The molecule has 0 heterocycles. The monoisotopic (exact) mass is 372 g/mol. The molecule has 0 unspecified atom stereocenters. The van der Waals surface area contributed by atoms with Crippen molar-refractivity contribution in [2.75, 3.05) is 14.2 Å². The third-order valence-electron chi connectivity index (χ3n) is 4.84. The molecule has 4 aromatic carbocycles. The van der Waals surface area contributed by atoms with Crippen LogP contribution in [-0.2, 0) is 6.61 Å². The van der Waals surface area contributed by atoms with Crippen molar-refractivity contribution >= 4 is 27.8 Å². The molecular formula is C24H20O4. The van der Waals surface area contributed by atoms with Gasteiger partial charge in [-0.05, 0) is 57.4 Å². The first-order valence-electron chi connectivity index (χ1n) is 8.98. The molecule has 140 valence electrons. The lowest BCUT2D eigenvalue weighted by molar-refractivity contribution is 0.112. The first kappa shape index (κ1) is 17.9. The van der Waals surface area contributed by atoms with Crippen LogP contribution in [0, 0.1) is 0 Å². The molecule has 0 spiro atoms. The minimum absolute atomic E-state index is 0.494. The second-order valence-corrected chi connectivity index (χ2v) is 6.49. The number of carbonyl (C=O) groups excluding carboxylic acids is 1. The molecule has 28 heavy (non-hydrogen) atoms. The van der Waals surface area contributed by atoms with Gasteiger partial charge in [0.05, 0.1) is 14.2 Å². The van der Waals surface area contributed by atoms with Crippen LogP contribution in [0.5, 0.6) is 17.2 Å². The van der Waals surface area contributed by atoms with Gasteiger partial charge in [0.1, 0.15) is 12.4 Å². The number of methoxy groups -OCH3 is 2. The van der Waals surface area contributed by atoms with Crippen molar-refractivity contribution in [3.05, 3.63) is 77.9 Å². The molecule has 0 radical (unpaired) electrons. The Morgan fingerprint density at radius 1 is 0.786 bits per heavy atom. The SMILES string of the molecule is COc1cc2c(C=O)cc3ccc(OCc4ccccc4)cc3c2cc1OC. The standard InChI is InChI=1S/C24H20O4/c1-26-23-12-21-18(14-25)10-17-8-9-19(28-15-16-6-4-3-5-7-16)11-20(17)22(21)13-24(23)27-2/h3-14H,15H2,1-2H3. The Kier molecular flexibility index (Phi) is 4.85. The topological polar surface area (TPSA) is 44.8 Å². The molecule has 0 aromatic heterocycles. The maximum absolute atomic E-state index is 11.6. The highest BCUT2D eigenvalue weighted by atomic mass is 16.5. The van der Waals surface area contributed by atoms with E-state index in [-0.39, 0.29) is 0 Å². The van der Waals surface area contributed by atoms with Gasteiger partial charge in [-0.3, -0.25) is 4.79 Å². The Morgan fingerprint density at radius 2 is 1.50 bits per heavy atom. The third-order valence-corrected chi connectivity index (χ3v) is 4.84. The van der Waals surface area contributed by atoms with Crippen LogP contribution >= 0.6 is 0 Å². The van der Waals surface area contributed by atoms with Gasteiger partial charge in [0.2, 0.25) is 0 Å². The lowest BCUT2D eigenvalue weighted by Gasteiger charge is -2.14. The molecule has 0 atom stereocenters. The van der Waals surface area contributed by atoms with Crippen LogP contribution in [0.2, 0.25) is 0 Å². The first-order valence-corrected chi connectivity index (χ1v) is 8.98. The van der Waals surface area contributed by atoms with E-state index in [9.17, 15) is 4.79 Å². The van der Waals surface area contributed by atoms with Crippen molar-refractivity contribution in [2.45, 2.75) is 6.61 Å². The number of rotatable bonds is 6. The second kappa shape index (κ2) is 7.61. The summed E-state index contributed by atoms with van der Waals surface area (Å²) in [7, 11) is 3.19. The quantitative estimate of drug-likeness (QED) is 0.336. The minimum Gasteiger partial charge on any atom is -0.493 e. The smallest absolute Gasteiger partial charge is 0.161 e. The number of aldehydes is 1. The molecule has 0 saturated carbocycles. The van der Waals surface area contributed by atoms with E-state index < -0.39 is 0 Å². The third kappa shape index (κ3) is 3.25.